The standard InChI is InChI=1S/C11H11BrN4O3/c12-7-4-14-10-8(5-15-16(10)6-7)11(19)13-3-1-2-9(17)18/h4-6H,1-3H2,(H,13,19)(H,17,18). The predicted octanol–water partition coefficient (Wildman–Crippen LogP) is 1.09. The third-order valence-corrected chi connectivity index (χ3v) is 2.83. The van der Waals surface area contributed by atoms with Crippen LogP contribution in [0.25, 0.3) is 5.65 Å². The van der Waals surface area contributed by atoms with E-state index in [1.54, 1.807) is 12.4 Å². The zero-order valence-electron chi connectivity index (χ0n) is 9.84. The number of halogens is 1. The molecule has 0 saturated heterocycles. The molecule has 2 N–H and O–H groups in total. The summed E-state index contributed by atoms with van der Waals surface area (Å²) in [6, 6.07) is 0. The molecule has 2 aromatic rings. The lowest BCUT2D eigenvalue weighted by Gasteiger charge is -2.02. The molecule has 0 fully saturated rings. The van der Waals surface area contributed by atoms with E-state index >= 15 is 0 Å². The van der Waals surface area contributed by atoms with Crippen molar-refractivity contribution in [1.29, 1.82) is 0 Å². The van der Waals surface area contributed by atoms with Gasteiger partial charge in [-0.3, -0.25) is 9.59 Å². The van der Waals surface area contributed by atoms with Gasteiger partial charge >= 0.3 is 5.97 Å². The summed E-state index contributed by atoms with van der Waals surface area (Å²) < 4.78 is 2.26. The fourth-order valence-electron chi connectivity index (χ4n) is 1.55. The fraction of sp³-hybridized carbons (Fsp3) is 0.273. The van der Waals surface area contributed by atoms with Crippen LogP contribution in [0.2, 0.25) is 0 Å². The van der Waals surface area contributed by atoms with Crippen molar-refractivity contribution >= 4 is 33.5 Å². The Hall–Kier alpha value is -1.96. The Morgan fingerprint density at radius 3 is 2.95 bits per heavy atom. The summed E-state index contributed by atoms with van der Waals surface area (Å²) in [5, 5.41) is 15.2. The molecule has 0 atom stereocenters. The molecule has 2 heterocycles. The number of carbonyl (C=O) groups is 2. The molecular weight excluding hydrogens is 316 g/mol. The Morgan fingerprint density at radius 2 is 2.21 bits per heavy atom. The third kappa shape index (κ3) is 3.28. The van der Waals surface area contributed by atoms with E-state index in [1.807, 2.05) is 0 Å². The Bertz CT molecular complexity index is 625. The number of hydrogen-bond donors (Lipinski definition) is 2. The Morgan fingerprint density at radius 1 is 1.42 bits per heavy atom. The van der Waals surface area contributed by atoms with Gasteiger partial charge in [-0.15, -0.1) is 0 Å². The molecular formula is C11H11BrN4O3. The van der Waals surface area contributed by atoms with Gasteiger partial charge in [-0.25, -0.2) is 9.50 Å². The molecule has 7 nitrogen and oxygen atoms in total. The number of carbonyl (C=O) groups excluding carboxylic acids is 1. The highest BCUT2D eigenvalue weighted by molar-refractivity contribution is 9.10. The predicted molar refractivity (Wildman–Crippen MR) is 69.9 cm³/mol. The van der Waals surface area contributed by atoms with Crippen molar-refractivity contribution < 1.29 is 14.7 Å². The van der Waals surface area contributed by atoms with Crippen LogP contribution in [0.3, 0.4) is 0 Å². The maximum Gasteiger partial charge on any atom is 0.303 e. The molecule has 2 rings (SSSR count). The number of carboxylic acids is 1. The van der Waals surface area contributed by atoms with Crippen LogP contribution in [0.15, 0.2) is 23.1 Å². The van der Waals surface area contributed by atoms with Gasteiger partial charge in [0.25, 0.3) is 5.91 Å². The van der Waals surface area contributed by atoms with E-state index in [9.17, 15) is 9.59 Å². The third-order valence-electron chi connectivity index (χ3n) is 2.42. The second kappa shape index (κ2) is 5.79. The second-order valence-corrected chi connectivity index (χ2v) is 4.77. The van der Waals surface area contributed by atoms with Gasteiger partial charge in [0, 0.05) is 25.4 Å². The van der Waals surface area contributed by atoms with Crippen molar-refractivity contribution in [3.05, 3.63) is 28.6 Å². The number of carboxylic acid groups (broad SMARTS) is 1. The first-order chi connectivity index (χ1) is 9.08. The van der Waals surface area contributed by atoms with Crippen LogP contribution in [0, 0.1) is 0 Å². The molecule has 0 saturated carbocycles. The summed E-state index contributed by atoms with van der Waals surface area (Å²) >= 11 is 3.26. The van der Waals surface area contributed by atoms with Gasteiger partial charge in [-0.2, -0.15) is 5.10 Å². The maximum atomic E-state index is 11.9. The molecule has 0 radical (unpaired) electrons. The number of hydrogen-bond acceptors (Lipinski definition) is 4. The van der Waals surface area contributed by atoms with Gasteiger partial charge < -0.3 is 10.4 Å². The average Bonchev–Trinajstić information content (AvgIpc) is 2.77. The molecule has 19 heavy (non-hydrogen) atoms. The van der Waals surface area contributed by atoms with Crippen molar-refractivity contribution in [2.75, 3.05) is 6.54 Å². The molecule has 1 amide bonds. The highest BCUT2D eigenvalue weighted by Gasteiger charge is 2.13. The van der Waals surface area contributed by atoms with Gasteiger partial charge in [-0.1, -0.05) is 0 Å². The number of fused-ring (bicyclic) bond motifs is 1. The van der Waals surface area contributed by atoms with Gasteiger partial charge in [0.1, 0.15) is 5.56 Å². The summed E-state index contributed by atoms with van der Waals surface area (Å²) in [6.45, 7) is 0.305. The van der Waals surface area contributed by atoms with E-state index in [0.717, 1.165) is 4.47 Å². The lowest BCUT2D eigenvalue weighted by Crippen LogP contribution is -2.24. The van der Waals surface area contributed by atoms with Crippen molar-refractivity contribution in [2.45, 2.75) is 12.8 Å². The van der Waals surface area contributed by atoms with Crippen molar-refractivity contribution in [3.63, 3.8) is 0 Å². The summed E-state index contributed by atoms with van der Waals surface area (Å²) in [5.74, 6) is -1.19. The molecule has 0 aromatic carbocycles. The van der Waals surface area contributed by atoms with Crippen LogP contribution in [-0.4, -0.2) is 38.1 Å². The summed E-state index contributed by atoms with van der Waals surface area (Å²) in [4.78, 5) is 26.3. The molecule has 0 aliphatic heterocycles. The smallest absolute Gasteiger partial charge is 0.303 e. The van der Waals surface area contributed by atoms with Gasteiger partial charge in [0.2, 0.25) is 0 Å². The summed E-state index contributed by atoms with van der Waals surface area (Å²) in [7, 11) is 0. The molecule has 0 unspecified atom stereocenters. The van der Waals surface area contributed by atoms with E-state index < -0.39 is 5.97 Å². The minimum atomic E-state index is -0.878. The first-order valence-corrected chi connectivity index (χ1v) is 6.36. The molecule has 100 valence electrons. The lowest BCUT2D eigenvalue weighted by molar-refractivity contribution is -0.137. The molecule has 0 aliphatic carbocycles. The van der Waals surface area contributed by atoms with Crippen LogP contribution in [0.4, 0.5) is 0 Å². The van der Waals surface area contributed by atoms with E-state index in [-0.39, 0.29) is 12.3 Å². The number of rotatable bonds is 5. The Balaban J connectivity index is 2.03. The molecule has 8 heteroatoms. The minimum absolute atomic E-state index is 0.0280. The Labute approximate surface area is 116 Å². The van der Waals surface area contributed by atoms with Gasteiger partial charge in [0.15, 0.2) is 5.65 Å². The number of nitrogens with zero attached hydrogens (tertiary/aromatic N) is 3. The van der Waals surface area contributed by atoms with Gasteiger partial charge in [0.05, 0.1) is 10.7 Å². The molecule has 0 aliphatic rings. The number of nitrogens with one attached hydrogen (secondary N) is 1. The summed E-state index contributed by atoms with van der Waals surface area (Å²) in [5.41, 5.74) is 0.821. The van der Waals surface area contributed by atoms with Crippen molar-refractivity contribution in [3.8, 4) is 0 Å². The molecule has 0 bridgehead atoms. The van der Waals surface area contributed by atoms with Crippen LogP contribution in [-0.2, 0) is 4.79 Å². The van der Waals surface area contributed by atoms with Crippen LogP contribution < -0.4 is 5.32 Å². The zero-order chi connectivity index (χ0) is 13.8. The minimum Gasteiger partial charge on any atom is -0.481 e. The highest BCUT2D eigenvalue weighted by Crippen LogP contribution is 2.12. The first kappa shape index (κ1) is 13.5. The van der Waals surface area contributed by atoms with Crippen LogP contribution in [0.1, 0.15) is 23.2 Å². The average molecular weight is 327 g/mol. The van der Waals surface area contributed by atoms with Crippen LogP contribution >= 0.6 is 15.9 Å². The maximum absolute atomic E-state index is 11.9. The topological polar surface area (TPSA) is 96.6 Å². The summed E-state index contributed by atoms with van der Waals surface area (Å²) in [6.07, 6.45) is 5.13. The number of aromatic nitrogens is 3. The van der Waals surface area contributed by atoms with Crippen molar-refractivity contribution in [1.82, 2.24) is 19.9 Å². The largest absolute Gasteiger partial charge is 0.481 e. The van der Waals surface area contributed by atoms with E-state index in [4.69, 9.17) is 5.11 Å². The first-order valence-electron chi connectivity index (χ1n) is 5.57. The van der Waals surface area contributed by atoms with Gasteiger partial charge in [-0.05, 0) is 22.4 Å². The van der Waals surface area contributed by atoms with E-state index in [1.165, 1.54) is 10.7 Å². The van der Waals surface area contributed by atoms with Crippen LogP contribution in [0.5, 0.6) is 0 Å². The van der Waals surface area contributed by atoms with E-state index in [0.29, 0.717) is 24.2 Å². The quantitative estimate of drug-likeness (QED) is 0.801. The van der Waals surface area contributed by atoms with Crippen molar-refractivity contribution in [2.24, 2.45) is 0 Å². The normalized spacial score (nSPS) is 10.6. The Kier molecular flexibility index (Phi) is 4.10. The monoisotopic (exact) mass is 326 g/mol. The highest BCUT2D eigenvalue weighted by atomic mass is 79.9. The molecule has 0 spiro atoms. The lowest BCUT2D eigenvalue weighted by atomic mass is 10.3. The molecule has 2 aromatic heterocycles. The number of aliphatic carboxylic acids is 1. The number of amides is 1. The second-order valence-electron chi connectivity index (χ2n) is 3.85. The zero-order valence-corrected chi connectivity index (χ0v) is 11.4. The SMILES string of the molecule is O=C(O)CCCNC(=O)c1cnn2cc(Br)cnc12. The van der Waals surface area contributed by atoms with E-state index in [2.05, 4.69) is 31.3 Å². The fourth-order valence-corrected chi connectivity index (χ4v) is 1.85.